The Bertz CT molecular complexity index is 1490. The molecule has 5 heteroatoms. The Hall–Kier alpha value is -3.96. The van der Waals surface area contributed by atoms with Crippen LogP contribution in [0.1, 0.15) is 64.2 Å². The highest BCUT2D eigenvalue weighted by molar-refractivity contribution is 5.88. The Labute approximate surface area is 263 Å². The molecule has 1 amide bonds. The number of amides is 1. The minimum atomic E-state index is -0.489. The van der Waals surface area contributed by atoms with Crippen LogP contribution in [0.4, 0.5) is 0 Å². The monoisotopic (exact) mass is 593 g/mol. The van der Waals surface area contributed by atoms with Crippen molar-refractivity contribution in [2.75, 3.05) is 13.2 Å². The lowest BCUT2D eigenvalue weighted by Crippen LogP contribution is -2.42. The molecule has 0 fully saturated rings. The minimum Gasteiger partial charge on any atom is -0.488 e. The zero-order chi connectivity index (χ0) is 31.5. The summed E-state index contributed by atoms with van der Waals surface area (Å²) in [6, 6.07) is 32.4. The molecule has 2 atom stereocenters. The molecule has 0 aromatic heterocycles. The number of carbonyl (C=O) groups is 2. The second-order valence-corrected chi connectivity index (χ2v) is 12.6. The molecule has 0 heterocycles. The first-order valence-corrected chi connectivity index (χ1v) is 15.8. The average Bonchev–Trinajstić information content (AvgIpc) is 3.00. The van der Waals surface area contributed by atoms with Crippen molar-refractivity contribution in [3.63, 3.8) is 0 Å². The van der Waals surface area contributed by atoms with E-state index in [4.69, 9.17) is 9.47 Å². The highest BCUT2D eigenvalue weighted by atomic mass is 16.5. The van der Waals surface area contributed by atoms with E-state index in [-0.39, 0.29) is 29.8 Å². The van der Waals surface area contributed by atoms with Gasteiger partial charge < -0.3 is 14.4 Å². The third-order valence-electron chi connectivity index (χ3n) is 7.67. The highest BCUT2D eigenvalue weighted by Gasteiger charge is 2.29. The third-order valence-corrected chi connectivity index (χ3v) is 7.67. The quantitative estimate of drug-likeness (QED) is 0.139. The Kier molecular flexibility index (Phi) is 11.7. The first kappa shape index (κ1) is 32.9. The van der Waals surface area contributed by atoms with Crippen molar-refractivity contribution >= 4 is 22.5 Å². The predicted molar refractivity (Wildman–Crippen MR) is 179 cm³/mol. The van der Waals surface area contributed by atoms with Crippen LogP contribution in [-0.4, -0.2) is 41.4 Å². The van der Waals surface area contributed by atoms with Crippen molar-refractivity contribution in [2.24, 2.45) is 5.92 Å². The maximum atomic E-state index is 14.5. The van der Waals surface area contributed by atoms with Crippen LogP contribution in [0.15, 0.2) is 97.1 Å². The third kappa shape index (κ3) is 10.1. The van der Waals surface area contributed by atoms with Crippen LogP contribution in [-0.2, 0) is 33.7 Å². The van der Waals surface area contributed by atoms with Crippen LogP contribution >= 0.6 is 0 Å². The first-order chi connectivity index (χ1) is 21.1. The molecule has 0 aliphatic heterocycles. The fourth-order valence-electron chi connectivity index (χ4n) is 5.66. The van der Waals surface area contributed by atoms with Crippen LogP contribution in [0.3, 0.4) is 0 Å². The number of nitrogens with zero attached hydrogens (tertiary/aromatic N) is 1. The van der Waals surface area contributed by atoms with Crippen molar-refractivity contribution in [3.8, 4) is 5.75 Å². The summed E-state index contributed by atoms with van der Waals surface area (Å²) in [5.41, 5.74) is 2.91. The van der Waals surface area contributed by atoms with Gasteiger partial charge in [0.2, 0.25) is 5.91 Å². The van der Waals surface area contributed by atoms with Crippen molar-refractivity contribution in [1.82, 2.24) is 4.90 Å². The standard InChI is InChI=1S/C39H47NO4/c1-6-43-29(2)27-40(28-33-17-12-16-32-15-10-11-18-37(32)33)38(42)34(26-35(41)22-19-30-13-8-7-9-14-30)25-31-20-23-36(24-21-31)44-39(3,4)5/h7-18,20-21,23-24,29,34H,6,19,22,25-28H2,1-5H3/t29?,34-/m0/s1. The molecule has 0 N–H and O–H groups in total. The van der Waals surface area contributed by atoms with Crippen LogP contribution in [0.25, 0.3) is 10.8 Å². The zero-order valence-corrected chi connectivity index (χ0v) is 26.9. The van der Waals surface area contributed by atoms with Gasteiger partial charge in [-0.2, -0.15) is 0 Å². The number of Topliss-reactive ketones (excluding diaryl/α,β-unsaturated/α-hetero) is 1. The fraction of sp³-hybridized carbons (Fsp3) is 0.385. The topological polar surface area (TPSA) is 55.8 Å². The maximum absolute atomic E-state index is 14.5. The molecule has 232 valence electrons. The maximum Gasteiger partial charge on any atom is 0.226 e. The van der Waals surface area contributed by atoms with Crippen molar-refractivity contribution in [1.29, 1.82) is 0 Å². The Morgan fingerprint density at radius 2 is 1.50 bits per heavy atom. The van der Waals surface area contributed by atoms with Crippen LogP contribution in [0, 0.1) is 5.92 Å². The van der Waals surface area contributed by atoms with Crippen LogP contribution in [0.5, 0.6) is 5.75 Å². The van der Waals surface area contributed by atoms with E-state index >= 15 is 0 Å². The molecule has 4 aromatic rings. The molecule has 0 saturated carbocycles. The van der Waals surface area contributed by atoms with Gasteiger partial charge in [0.1, 0.15) is 17.1 Å². The Morgan fingerprint density at radius 1 is 0.818 bits per heavy atom. The average molecular weight is 594 g/mol. The van der Waals surface area contributed by atoms with E-state index in [1.54, 1.807) is 0 Å². The number of hydrogen-bond donors (Lipinski definition) is 0. The van der Waals surface area contributed by atoms with E-state index in [0.717, 1.165) is 33.2 Å². The molecule has 44 heavy (non-hydrogen) atoms. The summed E-state index contributed by atoms with van der Waals surface area (Å²) in [6.45, 7) is 11.5. The van der Waals surface area contributed by atoms with Gasteiger partial charge >= 0.3 is 0 Å². The summed E-state index contributed by atoms with van der Waals surface area (Å²) in [5, 5.41) is 2.27. The number of rotatable bonds is 15. The molecule has 0 saturated heterocycles. The summed E-state index contributed by atoms with van der Waals surface area (Å²) in [6.07, 6.45) is 1.61. The van der Waals surface area contributed by atoms with Gasteiger partial charge in [-0.15, -0.1) is 0 Å². The lowest BCUT2D eigenvalue weighted by Gasteiger charge is -2.30. The van der Waals surface area contributed by atoms with E-state index in [1.807, 2.05) is 112 Å². The van der Waals surface area contributed by atoms with E-state index < -0.39 is 5.92 Å². The molecule has 4 rings (SSSR count). The molecule has 0 aliphatic carbocycles. The van der Waals surface area contributed by atoms with Gasteiger partial charge in [0.05, 0.1) is 6.10 Å². The van der Waals surface area contributed by atoms with Gasteiger partial charge in [-0.25, -0.2) is 0 Å². The van der Waals surface area contributed by atoms with Gasteiger partial charge in [-0.3, -0.25) is 9.59 Å². The smallest absolute Gasteiger partial charge is 0.226 e. The predicted octanol–water partition coefficient (Wildman–Crippen LogP) is 8.22. The van der Waals surface area contributed by atoms with E-state index in [2.05, 4.69) is 24.3 Å². The summed E-state index contributed by atoms with van der Waals surface area (Å²) in [7, 11) is 0. The number of aryl methyl sites for hydroxylation is 1. The summed E-state index contributed by atoms with van der Waals surface area (Å²) in [4.78, 5) is 29.8. The lowest BCUT2D eigenvalue weighted by molar-refractivity contribution is -0.140. The van der Waals surface area contributed by atoms with Crippen LogP contribution < -0.4 is 4.74 Å². The molecule has 0 aliphatic rings. The SMILES string of the molecule is CCOC(C)CN(Cc1cccc2ccccc12)C(=O)[C@H](CC(=O)CCc1ccccc1)Cc1ccc(OC(C)(C)C)cc1. The van der Waals surface area contributed by atoms with Crippen molar-refractivity contribution < 1.29 is 19.1 Å². The Morgan fingerprint density at radius 3 is 2.20 bits per heavy atom. The number of carbonyl (C=O) groups excluding carboxylic acids is 2. The van der Waals surface area contributed by atoms with Gasteiger partial charge in [-0.05, 0) is 87.1 Å². The lowest BCUT2D eigenvalue weighted by atomic mass is 9.90. The number of ether oxygens (including phenoxy) is 2. The normalized spacial score (nSPS) is 12.9. The second-order valence-electron chi connectivity index (χ2n) is 12.6. The molecule has 5 nitrogen and oxygen atoms in total. The molecule has 0 bridgehead atoms. The summed E-state index contributed by atoms with van der Waals surface area (Å²) < 4.78 is 11.9. The van der Waals surface area contributed by atoms with Crippen molar-refractivity contribution in [3.05, 3.63) is 114 Å². The van der Waals surface area contributed by atoms with Gasteiger partial charge in [-0.1, -0.05) is 84.9 Å². The number of benzene rings is 4. The van der Waals surface area contributed by atoms with E-state index in [1.165, 1.54) is 0 Å². The van der Waals surface area contributed by atoms with E-state index in [9.17, 15) is 9.59 Å². The largest absolute Gasteiger partial charge is 0.488 e. The summed E-state index contributed by atoms with van der Waals surface area (Å²) in [5.74, 6) is 0.373. The Balaban J connectivity index is 1.60. The summed E-state index contributed by atoms with van der Waals surface area (Å²) >= 11 is 0. The molecular formula is C39H47NO4. The van der Waals surface area contributed by atoms with Gasteiger partial charge in [0, 0.05) is 38.5 Å². The van der Waals surface area contributed by atoms with Crippen LogP contribution in [0.2, 0.25) is 0 Å². The van der Waals surface area contributed by atoms with E-state index in [0.29, 0.717) is 39.0 Å². The minimum absolute atomic E-state index is 0.0208. The molecule has 0 radical (unpaired) electrons. The first-order valence-electron chi connectivity index (χ1n) is 15.8. The molecular weight excluding hydrogens is 546 g/mol. The number of hydrogen-bond acceptors (Lipinski definition) is 4. The van der Waals surface area contributed by atoms with Gasteiger partial charge in [0.15, 0.2) is 0 Å². The molecule has 1 unspecified atom stereocenters. The van der Waals surface area contributed by atoms with Gasteiger partial charge in [0.25, 0.3) is 0 Å². The highest BCUT2D eigenvalue weighted by Crippen LogP contribution is 2.25. The molecule has 4 aromatic carbocycles. The second kappa shape index (κ2) is 15.7. The molecule has 0 spiro atoms. The fourth-order valence-corrected chi connectivity index (χ4v) is 5.66. The van der Waals surface area contributed by atoms with Crippen molar-refractivity contribution in [2.45, 2.75) is 78.6 Å². The zero-order valence-electron chi connectivity index (χ0n) is 26.9. The number of fused-ring (bicyclic) bond motifs is 1. The number of ketones is 1.